The van der Waals surface area contributed by atoms with Crippen molar-refractivity contribution in [2.24, 2.45) is 0 Å². The quantitative estimate of drug-likeness (QED) is 0.589. The Balaban J connectivity index is 1.47. The minimum atomic E-state index is -3.63. The van der Waals surface area contributed by atoms with Crippen molar-refractivity contribution in [2.45, 2.75) is 10.6 Å². The molecule has 0 unspecified atom stereocenters. The second-order valence-corrected chi connectivity index (χ2v) is 9.36. The molecule has 0 spiro atoms. The lowest BCUT2D eigenvalue weighted by Gasteiger charge is -2.36. The zero-order chi connectivity index (χ0) is 22.7. The number of halogens is 1. The molecule has 1 saturated heterocycles. The molecule has 32 heavy (non-hydrogen) atoms. The van der Waals surface area contributed by atoms with E-state index < -0.39 is 21.6 Å². The predicted molar refractivity (Wildman–Crippen MR) is 115 cm³/mol. The highest BCUT2D eigenvalue weighted by Crippen LogP contribution is 2.25. The largest absolute Gasteiger partial charge is 0.459 e. The van der Waals surface area contributed by atoms with Crippen molar-refractivity contribution in [1.82, 2.24) is 4.90 Å². The van der Waals surface area contributed by atoms with E-state index in [1.165, 1.54) is 30.5 Å². The highest BCUT2D eigenvalue weighted by atomic mass is 32.2. The summed E-state index contributed by atoms with van der Waals surface area (Å²) in [6.45, 7) is 1.46. The van der Waals surface area contributed by atoms with Crippen LogP contribution in [0.2, 0.25) is 0 Å². The number of hydrogen-bond acceptors (Lipinski definition) is 6. The molecular weight excluding hydrogens is 433 g/mol. The highest BCUT2D eigenvalue weighted by Gasteiger charge is 2.29. The van der Waals surface area contributed by atoms with Crippen LogP contribution in [0.1, 0.15) is 21.7 Å². The molecule has 1 aliphatic rings. The zero-order valence-electron chi connectivity index (χ0n) is 17.1. The molecule has 0 aliphatic carbocycles. The van der Waals surface area contributed by atoms with E-state index in [0.717, 1.165) is 0 Å². The lowest BCUT2D eigenvalue weighted by molar-refractivity contribution is 0.0713. The first-order valence-corrected chi connectivity index (χ1v) is 11.6. The summed E-state index contributed by atoms with van der Waals surface area (Å²) in [4.78, 5) is 16.6. The molecule has 3 aromatic rings. The average Bonchev–Trinajstić information content (AvgIpc) is 3.26. The standard InChI is InChI=1S/C23H20FN3O4S/c24-20-7-4-8-21(19(20)15-25)26-10-12-27(13-11-26)23(28)22-17(9-14-31-22)16-32(29,30)18-5-2-1-3-6-18/h1-9,14H,10-13,16H2. The minimum absolute atomic E-state index is 0.00132. The SMILES string of the molecule is N#Cc1c(F)cccc1N1CCN(C(=O)c2occc2CS(=O)(=O)c2ccccc2)CC1. The first kappa shape index (κ1) is 21.6. The van der Waals surface area contributed by atoms with Crippen LogP contribution in [-0.2, 0) is 15.6 Å². The first-order chi connectivity index (χ1) is 15.4. The molecule has 9 heteroatoms. The molecule has 164 valence electrons. The van der Waals surface area contributed by atoms with Crippen LogP contribution in [0, 0.1) is 17.1 Å². The van der Waals surface area contributed by atoms with Crippen LogP contribution in [0.5, 0.6) is 0 Å². The number of sulfone groups is 1. The second-order valence-electron chi connectivity index (χ2n) is 7.37. The van der Waals surface area contributed by atoms with E-state index in [9.17, 15) is 22.9 Å². The molecule has 4 rings (SSSR count). The van der Waals surface area contributed by atoms with Gasteiger partial charge in [0.15, 0.2) is 15.6 Å². The molecule has 0 atom stereocenters. The molecular formula is C23H20FN3O4S. The van der Waals surface area contributed by atoms with Gasteiger partial charge in [-0.25, -0.2) is 12.8 Å². The Morgan fingerprint density at radius 1 is 1.03 bits per heavy atom. The topological polar surface area (TPSA) is 94.6 Å². The summed E-state index contributed by atoms with van der Waals surface area (Å²) in [5.41, 5.74) is 0.775. The average molecular weight is 453 g/mol. The van der Waals surface area contributed by atoms with Crippen LogP contribution in [0.25, 0.3) is 0 Å². The maximum atomic E-state index is 13.9. The summed E-state index contributed by atoms with van der Waals surface area (Å²) in [5, 5.41) is 9.26. The molecule has 2 aromatic carbocycles. The summed E-state index contributed by atoms with van der Waals surface area (Å²) in [5.74, 6) is -1.32. The number of carbonyl (C=O) groups excluding carboxylic acids is 1. The minimum Gasteiger partial charge on any atom is -0.459 e. The molecule has 0 radical (unpaired) electrons. The number of amides is 1. The third kappa shape index (κ3) is 4.22. The number of piperazine rings is 1. The fourth-order valence-corrected chi connectivity index (χ4v) is 5.11. The van der Waals surface area contributed by atoms with Gasteiger partial charge < -0.3 is 14.2 Å². The van der Waals surface area contributed by atoms with Crippen molar-refractivity contribution in [3.05, 3.63) is 83.6 Å². The third-order valence-electron chi connectivity index (χ3n) is 5.40. The van der Waals surface area contributed by atoms with Crippen LogP contribution in [0.3, 0.4) is 0 Å². The number of anilines is 1. The Labute approximate surface area is 185 Å². The van der Waals surface area contributed by atoms with Crippen molar-refractivity contribution >= 4 is 21.4 Å². The lowest BCUT2D eigenvalue weighted by atomic mass is 10.1. The van der Waals surface area contributed by atoms with E-state index in [-0.39, 0.29) is 22.0 Å². The fourth-order valence-electron chi connectivity index (χ4n) is 3.73. The van der Waals surface area contributed by atoms with E-state index in [0.29, 0.717) is 37.4 Å². The summed E-state index contributed by atoms with van der Waals surface area (Å²) >= 11 is 0. The van der Waals surface area contributed by atoms with Gasteiger partial charge in [-0.2, -0.15) is 5.26 Å². The molecule has 1 aromatic heterocycles. The Morgan fingerprint density at radius 2 is 1.75 bits per heavy atom. The summed E-state index contributed by atoms with van der Waals surface area (Å²) in [7, 11) is -3.63. The maximum absolute atomic E-state index is 13.9. The summed E-state index contributed by atoms with van der Waals surface area (Å²) in [6, 6.07) is 15.9. The van der Waals surface area contributed by atoms with Crippen LogP contribution in [0.15, 0.2) is 70.2 Å². The van der Waals surface area contributed by atoms with Gasteiger partial charge in [0.05, 0.1) is 22.6 Å². The normalized spacial score (nSPS) is 14.2. The van der Waals surface area contributed by atoms with Gasteiger partial charge in [-0.3, -0.25) is 4.79 Å². The smallest absolute Gasteiger partial charge is 0.289 e. The molecule has 7 nitrogen and oxygen atoms in total. The van der Waals surface area contributed by atoms with Gasteiger partial charge in [-0.15, -0.1) is 0 Å². The molecule has 1 aliphatic heterocycles. The second kappa shape index (κ2) is 8.85. The molecule has 1 amide bonds. The molecule has 1 fully saturated rings. The van der Waals surface area contributed by atoms with Crippen molar-refractivity contribution in [1.29, 1.82) is 5.26 Å². The van der Waals surface area contributed by atoms with E-state index in [1.807, 2.05) is 11.0 Å². The number of furan rings is 1. The van der Waals surface area contributed by atoms with Gasteiger partial charge in [0.1, 0.15) is 17.4 Å². The van der Waals surface area contributed by atoms with Crippen molar-refractivity contribution in [3.63, 3.8) is 0 Å². The van der Waals surface area contributed by atoms with E-state index in [1.54, 1.807) is 35.2 Å². The maximum Gasteiger partial charge on any atom is 0.289 e. The predicted octanol–water partition coefficient (Wildman–Crippen LogP) is 3.23. The zero-order valence-corrected chi connectivity index (χ0v) is 17.9. The van der Waals surface area contributed by atoms with E-state index >= 15 is 0 Å². The fraction of sp³-hybridized carbons (Fsp3) is 0.217. The van der Waals surface area contributed by atoms with Crippen molar-refractivity contribution < 1.29 is 22.0 Å². The van der Waals surface area contributed by atoms with Gasteiger partial charge >= 0.3 is 0 Å². The monoisotopic (exact) mass is 453 g/mol. The van der Waals surface area contributed by atoms with Crippen LogP contribution in [0.4, 0.5) is 10.1 Å². The lowest BCUT2D eigenvalue weighted by Crippen LogP contribution is -2.49. The van der Waals surface area contributed by atoms with Gasteiger partial charge in [0.25, 0.3) is 5.91 Å². The van der Waals surface area contributed by atoms with Crippen LogP contribution >= 0.6 is 0 Å². The summed E-state index contributed by atoms with van der Waals surface area (Å²) < 4.78 is 44.7. The molecule has 0 saturated carbocycles. The van der Waals surface area contributed by atoms with E-state index in [4.69, 9.17) is 4.42 Å². The number of nitriles is 1. The number of rotatable bonds is 5. The number of nitrogens with zero attached hydrogens (tertiary/aromatic N) is 3. The Morgan fingerprint density at radius 3 is 2.44 bits per heavy atom. The Bertz CT molecular complexity index is 1270. The van der Waals surface area contributed by atoms with Crippen LogP contribution in [-0.4, -0.2) is 45.4 Å². The number of benzene rings is 2. The summed E-state index contributed by atoms with van der Waals surface area (Å²) in [6.07, 6.45) is 1.31. The van der Waals surface area contributed by atoms with E-state index in [2.05, 4.69) is 0 Å². The molecule has 0 bridgehead atoms. The number of hydrogen-bond donors (Lipinski definition) is 0. The van der Waals surface area contributed by atoms with Crippen molar-refractivity contribution in [3.8, 4) is 6.07 Å². The van der Waals surface area contributed by atoms with Gasteiger partial charge in [0.2, 0.25) is 0 Å². The Hall–Kier alpha value is -3.64. The van der Waals surface area contributed by atoms with Gasteiger partial charge in [-0.1, -0.05) is 24.3 Å². The Kier molecular flexibility index (Phi) is 5.97. The van der Waals surface area contributed by atoms with Crippen LogP contribution < -0.4 is 4.90 Å². The van der Waals surface area contributed by atoms with Gasteiger partial charge in [0, 0.05) is 31.7 Å². The number of carbonyl (C=O) groups is 1. The molecule has 0 N–H and O–H groups in total. The molecule has 2 heterocycles. The van der Waals surface area contributed by atoms with Crippen molar-refractivity contribution in [2.75, 3.05) is 31.1 Å². The van der Waals surface area contributed by atoms with Gasteiger partial charge in [-0.05, 0) is 30.3 Å². The third-order valence-corrected chi connectivity index (χ3v) is 7.08. The highest BCUT2D eigenvalue weighted by molar-refractivity contribution is 7.90. The first-order valence-electron chi connectivity index (χ1n) is 9.98.